The van der Waals surface area contributed by atoms with E-state index in [4.69, 9.17) is 22.2 Å². The summed E-state index contributed by atoms with van der Waals surface area (Å²) in [6, 6.07) is 28.8. The molecule has 0 spiro atoms. The van der Waals surface area contributed by atoms with Crippen LogP contribution in [-0.2, 0) is 13.5 Å². The summed E-state index contributed by atoms with van der Waals surface area (Å²) in [5, 5.41) is 0. The molecule has 0 aliphatic rings. The third-order valence-corrected chi connectivity index (χ3v) is 6.18. The number of aryl methyl sites for hydroxylation is 1. The Labute approximate surface area is 192 Å². The summed E-state index contributed by atoms with van der Waals surface area (Å²) in [6.07, 6.45) is 0.642. The Hall–Kier alpha value is -4.32. The smallest absolute Gasteiger partial charge is 0.149 e. The average Bonchev–Trinajstić information content (AvgIpc) is 3.15. The van der Waals surface area contributed by atoms with Gasteiger partial charge in [0.25, 0.3) is 0 Å². The van der Waals surface area contributed by atoms with Gasteiger partial charge in [-0.05, 0) is 40.5 Å². The van der Waals surface area contributed by atoms with Crippen LogP contribution in [-0.4, -0.2) is 14.5 Å². The van der Waals surface area contributed by atoms with Gasteiger partial charge in [0, 0.05) is 19.4 Å². The molecule has 0 unspecified atom stereocenters. The van der Waals surface area contributed by atoms with Gasteiger partial charge >= 0.3 is 0 Å². The van der Waals surface area contributed by atoms with Gasteiger partial charge in [0.15, 0.2) is 0 Å². The van der Waals surface area contributed by atoms with Crippen molar-refractivity contribution in [2.24, 2.45) is 7.05 Å². The van der Waals surface area contributed by atoms with E-state index in [9.17, 15) is 0 Å². The van der Waals surface area contributed by atoms with E-state index in [1.807, 2.05) is 30.3 Å². The molecule has 0 amide bonds. The van der Waals surface area contributed by atoms with Crippen molar-refractivity contribution >= 4 is 28.4 Å². The van der Waals surface area contributed by atoms with Crippen molar-refractivity contribution in [3.05, 3.63) is 102 Å². The van der Waals surface area contributed by atoms with E-state index >= 15 is 0 Å². The van der Waals surface area contributed by atoms with Crippen molar-refractivity contribution in [2.75, 3.05) is 17.2 Å². The lowest BCUT2D eigenvalue weighted by atomic mass is 9.87. The number of nitrogen functional groups attached to an aromatic ring is 3. The maximum atomic E-state index is 6.37. The SMILES string of the molecule is Cn1c(C[C@H](c2ccccc2)c2cc(N)nc(N)c2N)nc2ccc(-c3ccccc3)cc21. The van der Waals surface area contributed by atoms with E-state index in [2.05, 4.69) is 71.2 Å². The third kappa shape index (κ3) is 3.87. The molecule has 0 saturated heterocycles. The van der Waals surface area contributed by atoms with Gasteiger partial charge in [-0.1, -0.05) is 66.7 Å². The molecule has 6 heteroatoms. The van der Waals surface area contributed by atoms with Gasteiger partial charge in [-0.2, -0.15) is 0 Å². The van der Waals surface area contributed by atoms with E-state index < -0.39 is 0 Å². The second-order valence-electron chi connectivity index (χ2n) is 8.26. The fourth-order valence-electron chi connectivity index (χ4n) is 4.41. The highest BCUT2D eigenvalue weighted by molar-refractivity contribution is 5.82. The molecule has 33 heavy (non-hydrogen) atoms. The van der Waals surface area contributed by atoms with E-state index in [1.54, 1.807) is 0 Å². The number of pyridine rings is 1. The normalized spacial score (nSPS) is 12.2. The summed E-state index contributed by atoms with van der Waals surface area (Å²) < 4.78 is 2.15. The number of aromatic nitrogens is 3. The molecular weight excluding hydrogens is 408 g/mol. The third-order valence-electron chi connectivity index (χ3n) is 6.18. The summed E-state index contributed by atoms with van der Waals surface area (Å²) in [6.45, 7) is 0. The molecule has 0 saturated carbocycles. The number of fused-ring (bicyclic) bond motifs is 1. The zero-order valence-corrected chi connectivity index (χ0v) is 18.4. The molecule has 0 radical (unpaired) electrons. The van der Waals surface area contributed by atoms with Crippen LogP contribution in [0.5, 0.6) is 0 Å². The van der Waals surface area contributed by atoms with Crippen molar-refractivity contribution in [1.29, 1.82) is 0 Å². The standard InChI is InChI=1S/C27H26N6/c1-33-23-14-19(17-8-4-2-5-9-17)12-13-22(23)31-25(33)16-20(18-10-6-3-7-11-18)21-15-24(28)32-27(30)26(21)29/h2-15,20H,16,29H2,1H3,(H4,28,30,32)/t20-/m1/s1. The summed E-state index contributed by atoms with van der Waals surface area (Å²) >= 11 is 0. The van der Waals surface area contributed by atoms with Crippen LogP contribution in [0.2, 0.25) is 0 Å². The monoisotopic (exact) mass is 434 g/mol. The molecule has 1 atom stereocenters. The van der Waals surface area contributed by atoms with Crippen molar-refractivity contribution in [3.63, 3.8) is 0 Å². The van der Waals surface area contributed by atoms with Gasteiger partial charge in [-0.15, -0.1) is 0 Å². The summed E-state index contributed by atoms with van der Waals surface area (Å²) in [5.41, 5.74) is 25.3. The molecule has 5 rings (SSSR count). The van der Waals surface area contributed by atoms with Gasteiger partial charge in [0.05, 0.1) is 16.7 Å². The second kappa shape index (κ2) is 8.31. The molecule has 3 aromatic carbocycles. The quantitative estimate of drug-likeness (QED) is 0.370. The predicted molar refractivity (Wildman–Crippen MR) is 136 cm³/mol. The zero-order valence-electron chi connectivity index (χ0n) is 18.4. The first kappa shape index (κ1) is 20.6. The Balaban J connectivity index is 1.60. The van der Waals surface area contributed by atoms with Crippen LogP contribution in [0.4, 0.5) is 17.3 Å². The lowest BCUT2D eigenvalue weighted by molar-refractivity contribution is 0.720. The summed E-state index contributed by atoms with van der Waals surface area (Å²) in [5.74, 6) is 1.50. The molecule has 0 fully saturated rings. The fraction of sp³-hybridized carbons (Fsp3) is 0.111. The topological polar surface area (TPSA) is 109 Å². The average molecular weight is 435 g/mol. The number of anilines is 3. The molecule has 6 N–H and O–H groups in total. The predicted octanol–water partition coefficient (Wildman–Crippen LogP) is 4.76. The molecule has 2 heterocycles. The van der Waals surface area contributed by atoms with Crippen LogP contribution < -0.4 is 17.2 Å². The van der Waals surface area contributed by atoms with Crippen LogP contribution >= 0.6 is 0 Å². The first-order valence-electron chi connectivity index (χ1n) is 10.9. The maximum absolute atomic E-state index is 6.37. The molecule has 0 aliphatic heterocycles. The molecular formula is C27H26N6. The minimum absolute atomic E-state index is 0.0668. The Bertz CT molecular complexity index is 1420. The summed E-state index contributed by atoms with van der Waals surface area (Å²) in [4.78, 5) is 9.07. The van der Waals surface area contributed by atoms with Crippen molar-refractivity contribution in [1.82, 2.24) is 14.5 Å². The lowest BCUT2D eigenvalue weighted by Crippen LogP contribution is -2.14. The first-order chi connectivity index (χ1) is 16.0. The first-order valence-corrected chi connectivity index (χ1v) is 10.9. The van der Waals surface area contributed by atoms with E-state index in [1.165, 1.54) is 5.56 Å². The van der Waals surface area contributed by atoms with Gasteiger partial charge < -0.3 is 21.8 Å². The van der Waals surface area contributed by atoms with Crippen LogP contribution in [0.1, 0.15) is 22.9 Å². The second-order valence-corrected chi connectivity index (χ2v) is 8.26. The largest absolute Gasteiger partial charge is 0.396 e. The highest BCUT2D eigenvalue weighted by Crippen LogP contribution is 2.36. The van der Waals surface area contributed by atoms with Crippen molar-refractivity contribution in [2.45, 2.75) is 12.3 Å². The van der Waals surface area contributed by atoms with E-state index in [0.29, 0.717) is 17.9 Å². The van der Waals surface area contributed by atoms with Crippen LogP contribution in [0.3, 0.4) is 0 Å². The lowest BCUT2D eigenvalue weighted by Gasteiger charge is -2.21. The van der Waals surface area contributed by atoms with Crippen LogP contribution in [0.25, 0.3) is 22.2 Å². The Morgan fingerprint density at radius 1 is 0.788 bits per heavy atom. The number of rotatable bonds is 5. The van der Waals surface area contributed by atoms with E-state index in [-0.39, 0.29) is 11.7 Å². The number of imidazole rings is 1. The van der Waals surface area contributed by atoms with Gasteiger partial charge in [-0.25, -0.2) is 9.97 Å². The molecule has 0 aliphatic carbocycles. The Morgan fingerprint density at radius 2 is 1.48 bits per heavy atom. The molecule has 6 nitrogen and oxygen atoms in total. The molecule has 164 valence electrons. The van der Waals surface area contributed by atoms with Gasteiger partial charge in [0.1, 0.15) is 17.5 Å². The highest BCUT2D eigenvalue weighted by atomic mass is 15.1. The molecule has 5 aromatic rings. The summed E-state index contributed by atoms with van der Waals surface area (Å²) in [7, 11) is 2.06. The Kier molecular flexibility index (Phi) is 5.18. The number of hydrogen-bond acceptors (Lipinski definition) is 5. The molecule has 0 bridgehead atoms. The van der Waals surface area contributed by atoms with Gasteiger partial charge in [-0.3, -0.25) is 0 Å². The minimum Gasteiger partial charge on any atom is -0.396 e. The highest BCUT2D eigenvalue weighted by Gasteiger charge is 2.22. The van der Waals surface area contributed by atoms with Crippen LogP contribution in [0.15, 0.2) is 84.9 Å². The van der Waals surface area contributed by atoms with Crippen molar-refractivity contribution in [3.8, 4) is 11.1 Å². The van der Waals surface area contributed by atoms with Gasteiger partial charge in [0.2, 0.25) is 0 Å². The number of nitrogens with zero attached hydrogens (tertiary/aromatic N) is 3. The number of nitrogens with two attached hydrogens (primary N) is 3. The number of hydrogen-bond donors (Lipinski definition) is 3. The number of benzene rings is 3. The molecule has 2 aromatic heterocycles. The van der Waals surface area contributed by atoms with Crippen LogP contribution in [0, 0.1) is 0 Å². The van der Waals surface area contributed by atoms with Crippen molar-refractivity contribution < 1.29 is 0 Å². The van der Waals surface area contributed by atoms with E-state index in [0.717, 1.165) is 33.5 Å². The zero-order chi connectivity index (χ0) is 22.9. The maximum Gasteiger partial charge on any atom is 0.149 e. The minimum atomic E-state index is -0.0668. The fourth-order valence-corrected chi connectivity index (χ4v) is 4.41. The Morgan fingerprint density at radius 3 is 2.21 bits per heavy atom.